The summed E-state index contributed by atoms with van der Waals surface area (Å²) in [4.78, 5) is 2.42. The zero-order valence-electron chi connectivity index (χ0n) is 46.2. The minimum absolute atomic E-state index is 0.505. The summed E-state index contributed by atoms with van der Waals surface area (Å²) in [5, 5.41) is 6.77. The summed E-state index contributed by atoms with van der Waals surface area (Å²) in [5.74, 6) is 1.84. The van der Waals surface area contributed by atoms with E-state index in [0.29, 0.717) is 0 Å². The number of para-hydroxylation sites is 1. The molecule has 3 nitrogen and oxygen atoms in total. The first kappa shape index (κ1) is 47.6. The van der Waals surface area contributed by atoms with Crippen LogP contribution in [0, 0.1) is 0 Å². The molecular formula is C82H51NO2. The minimum Gasteiger partial charge on any atom is -0.456 e. The lowest BCUT2D eigenvalue weighted by Gasteiger charge is -2.40. The number of furan rings is 1. The van der Waals surface area contributed by atoms with Crippen molar-refractivity contribution in [2.75, 3.05) is 4.90 Å². The summed E-state index contributed by atoms with van der Waals surface area (Å²) in [7, 11) is 0. The highest BCUT2D eigenvalue weighted by Crippen LogP contribution is 2.65. The Labute approximate surface area is 492 Å². The molecule has 85 heavy (non-hydrogen) atoms. The molecule has 18 rings (SSSR count). The molecule has 0 bridgehead atoms. The molecule has 2 aliphatic carbocycles. The van der Waals surface area contributed by atoms with E-state index in [1.807, 2.05) is 12.1 Å². The predicted molar refractivity (Wildman–Crippen MR) is 349 cm³/mol. The Morgan fingerprint density at radius 1 is 0.247 bits per heavy atom. The maximum atomic E-state index is 7.28. The monoisotopic (exact) mass is 1080 g/mol. The van der Waals surface area contributed by atoms with Crippen LogP contribution in [0.5, 0.6) is 11.5 Å². The Balaban J connectivity index is 0.801. The van der Waals surface area contributed by atoms with Crippen molar-refractivity contribution >= 4 is 60.5 Å². The number of anilines is 3. The largest absolute Gasteiger partial charge is 0.456 e. The Morgan fingerprint density at radius 2 is 0.694 bits per heavy atom. The molecular weight excluding hydrogens is 1030 g/mol. The van der Waals surface area contributed by atoms with Crippen LogP contribution in [0.15, 0.2) is 314 Å². The fourth-order valence-electron chi connectivity index (χ4n) is 15.1. The van der Waals surface area contributed by atoms with E-state index in [1.165, 1.54) is 55.6 Å². The van der Waals surface area contributed by atoms with E-state index in [-0.39, 0.29) is 0 Å². The molecule has 0 saturated heterocycles. The molecule has 3 heteroatoms. The van der Waals surface area contributed by atoms with Gasteiger partial charge in [0.15, 0.2) is 0 Å². The van der Waals surface area contributed by atoms with Crippen molar-refractivity contribution in [2.24, 2.45) is 0 Å². The minimum atomic E-state index is -0.648. The first-order chi connectivity index (χ1) is 42.1. The number of hydrogen-bond donors (Lipinski definition) is 0. The van der Waals surface area contributed by atoms with Crippen molar-refractivity contribution in [1.29, 1.82) is 0 Å². The molecule has 0 unspecified atom stereocenters. The quantitative estimate of drug-likeness (QED) is 0.159. The normalized spacial score (nSPS) is 13.7. The van der Waals surface area contributed by atoms with E-state index in [1.54, 1.807) is 0 Å². The standard InChI is InChI=1S/C82H51NO2/c1-3-19-58(20-4-1)81(59-21-5-2-6-22-59)71-28-14-12-26-66(71)69-51-62(43-47-73(69)81)83(60-39-31-52(32-40-60)56-38-48-78-70(49-56)68-27-13-16-30-77(68)84-78)61-41-33-53(34-42-61)57-35-44-67-65-25-11-15-29-72(65)82(76(67)50-57)74-45-36-54-17-7-9-23-63(54)79(74)85-80-64-24-10-8-18-55(64)37-46-75(80)82/h1-51H. The second-order valence-electron chi connectivity index (χ2n) is 23.0. The van der Waals surface area contributed by atoms with Gasteiger partial charge in [-0.05, 0) is 149 Å². The lowest BCUT2D eigenvalue weighted by molar-refractivity contribution is 0.447. The third-order valence-electron chi connectivity index (χ3n) is 18.8. The average Bonchev–Trinajstić information content (AvgIpc) is 1.64. The van der Waals surface area contributed by atoms with Crippen molar-refractivity contribution in [2.45, 2.75) is 10.8 Å². The second kappa shape index (κ2) is 18.2. The highest BCUT2D eigenvalue weighted by molar-refractivity contribution is 6.07. The molecule has 14 aromatic carbocycles. The number of benzene rings is 14. The summed E-state index contributed by atoms with van der Waals surface area (Å²) in [6.07, 6.45) is 0. The maximum absolute atomic E-state index is 7.28. The smallest absolute Gasteiger partial charge is 0.140 e. The van der Waals surface area contributed by atoms with Gasteiger partial charge >= 0.3 is 0 Å². The Morgan fingerprint density at radius 3 is 1.33 bits per heavy atom. The zero-order chi connectivity index (χ0) is 55.8. The van der Waals surface area contributed by atoms with E-state index >= 15 is 0 Å². The van der Waals surface area contributed by atoms with Crippen LogP contribution in [0.3, 0.4) is 0 Å². The third kappa shape index (κ3) is 6.78. The number of ether oxygens (including phenoxy) is 1. The third-order valence-corrected chi connectivity index (χ3v) is 18.8. The van der Waals surface area contributed by atoms with Gasteiger partial charge in [-0.3, -0.25) is 0 Å². The number of fused-ring (bicyclic) bond motifs is 19. The lowest BCUT2D eigenvalue weighted by atomic mass is 9.65. The molecule has 0 fully saturated rings. The van der Waals surface area contributed by atoms with Crippen molar-refractivity contribution in [3.05, 3.63) is 354 Å². The van der Waals surface area contributed by atoms with Crippen molar-refractivity contribution in [1.82, 2.24) is 0 Å². The molecule has 0 saturated carbocycles. The summed E-state index contributed by atoms with van der Waals surface area (Å²) >= 11 is 0. The summed E-state index contributed by atoms with van der Waals surface area (Å²) < 4.78 is 13.5. The van der Waals surface area contributed by atoms with Gasteiger partial charge in [0.05, 0.1) is 10.8 Å². The number of nitrogens with zero attached hydrogens (tertiary/aromatic N) is 1. The highest BCUT2D eigenvalue weighted by Gasteiger charge is 2.52. The topological polar surface area (TPSA) is 25.6 Å². The van der Waals surface area contributed by atoms with Crippen molar-refractivity contribution in [3.8, 4) is 56.0 Å². The molecule has 1 spiro atoms. The molecule has 396 valence electrons. The van der Waals surface area contributed by atoms with Gasteiger partial charge in [-0.1, -0.05) is 249 Å². The average molecular weight is 1080 g/mol. The summed E-state index contributed by atoms with van der Waals surface area (Å²) in [6.45, 7) is 0. The molecule has 0 atom stereocenters. The Kier molecular flexibility index (Phi) is 10.2. The van der Waals surface area contributed by atoms with E-state index in [2.05, 4.69) is 302 Å². The van der Waals surface area contributed by atoms with Crippen LogP contribution >= 0.6 is 0 Å². The van der Waals surface area contributed by atoms with Crippen LogP contribution in [-0.2, 0) is 10.8 Å². The van der Waals surface area contributed by atoms with Crippen LogP contribution in [0.1, 0.15) is 44.5 Å². The molecule has 2 heterocycles. The Hall–Kier alpha value is -11.0. The van der Waals surface area contributed by atoms with Gasteiger partial charge in [0.1, 0.15) is 22.7 Å². The number of rotatable bonds is 7. The van der Waals surface area contributed by atoms with Gasteiger partial charge < -0.3 is 14.1 Å². The lowest BCUT2D eigenvalue weighted by Crippen LogP contribution is -2.32. The number of hydrogen-bond acceptors (Lipinski definition) is 3. The molecule has 15 aromatic rings. The van der Waals surface area contributed by atoms with Gasteiger partial charge in [-0.15, -0.1) is 0 Å². The molecule has 0 N–H and O–H groups in total. The van der Waals surface area contributed by atoms with E-state index < -0.39 is 10.8 Å². The summed E-state index contributed by atoms with van der Waals surface area (Å²) in [6, 6.07) is 114. The van der Waals surface area contributed by atoms with Crippen LogP contribution < -0.4 is 9.64 Å². The molecule has 3 aliphatic rings. The van der Waals surface area contributed by atoms with Crippen LogP contribution in [0.4, 0.5) is 17.1 Å². The fourth-order valence-corrected chi connectivity index (χ4v) is 15.1. The van der Waals surface area contributed by atoms with Gasteiger partial charge in [-0.2, -0.15) is 0 Å². The molecule has 0 amide bonds. The van der Waals surface area contributed by atoms with Crippen molar-refractivity contribution in [3.63, 3.8) is 0 Å². The van der Waals surface area contributed by atoms with Gasteiger partial charge in [-0.25, -0.2) is 0 Å². The zero-order valence-corrected chi connectivity index (χ0v) is 46.2. The van der Waals surface area contributed by atoms with Gasteiger partial charge in [0, 0.05) is 49.7 Å². The molecule has 1 aliphatic heterocycles. The summed E-state index contributed by atoms with van der Waals surface area (Å²) in [5.41, 5.74) is 23.3. The molecule has 1 aromatic heterocycles. The fraction of sp³-hybridized carbons (Fsp3) is 0.0244. The van der Waals surface area contributed by atoms with Crippen LogP contribution in [0.25, 0.3) is 88.0 Å². The molecule has 0 radical (unpaired) electrons. The van der Waals surface area contributed by atoms with Gasteiger partial charge in [0.25, 0.3) is 0 Å². The Bertz CT molecular complexity index is 5090. The van der Waals surface area contributed by atoms with E-state index in [4.69, 9.17) is 9.15 Å². The van der Waals surface area contributed by atoms with Crippen LogP contribution in [0.2, 0.25) is 0 Å². The maximum Gasteiger partial charge on any atom is 0.140 e. The van der Waals surface area contributed by atoms with E-state index in [0.717, 1.165) is 105 Å². The SMILES string of the molecule is c1ccc(C2(c3ccccc3)c3ccccc3-c3cc(N(c4ccc(-c5ccc6c(c5)C5(c7ccccc7-6)c6ccc7ccccc7c6Oc6c5ccc5ccccc65)cc4)c4ccc(-c5ccc6oc7ccccc7c6c5)cc4)ccc32)cc1. The first-order valence-electron chi connectivity index (χ1n) is 29.4. The van der Waals surface area contributed by atoms with Crippen LogP contribution in [-0.4, -0.2) is 0 Å². The first-order valence-corrected chi connectivity index (χ1v) is 29.4. The van der Waals surface area contributed by atoms with Gasteiger partial charge in [0.2, 0.25) is 0 Å². The van der Waals surface area contributed by atoms with E-state index in [9.17, 15) is 0 Å². The van der Waals surface area contributed by atoms with Crippen molar-refractivity contribution < 1.29 is 9.15 Å². The highest BCUT2D eigenvalue weighted by atomic mass is 16.5. The second-order valence-corrected chi connectivity index (χ2v) is 23.0. The predicted octanol–water partition coefficient (Wildman–Crippen LogP) is 21.5.